The molecule has 5 heteroatoms. The molecule has 4 nitrogen and oxygen atoms in total. The first-order valence-corrected chi connectivity index (χ1v) is 4.36. The van der Waals surface area contributed by atoms with Crippen LogP contribution in [-0.4, -0.2) is 30.9 Å². The van der Waals surface area contributed by atoms with E-state index in [2.05, 4.69) is 0 Å². The van der Waals surface area contributed by atoms with Crippen LogP contribution in [-0.2, 0) is 0 Å². The summed E-state index contributed by atoms with van der Waals surface area (Å²) in [5.41, 5.74) is 0.340. The van der Waals surface area contributed by atoms with Crippen molar-refractivity contribution in [2.75, 3.05) is 13.7 Å². The van der Waals surface area contributed by atoms with Gasteiger partial charge in [-0.25, -0.2) is 0 Å². The van der Waals surface area contributed by atoms with Gasteiger partial charge in [-0.15, -0.1) is 0 Å². The molecule has 0 spiro atoms. The van der Waals surface area contributed by atoms with E-state index >= 15 is 0 Å². The van der Waals surface area contributed by atoms with E-state index in [0.29, 0.717) is 23.6 Å². The highest BCUT2D eigenvalue weighted by Gasteiger charge is 2.17. The monoisotopic (exact) mass is 196 g/mol. The van der Waals surface area contributed by atoms with Crippen LogP contribution in [0.3, 0.4) is 0 Å². The molecule has 0 saturated carbocycles. The summed E-state index contributed by atoms with van der Waals surface area (Å²) in [7, 11) is 0.0163. The van der Waals surface area contributed by atoms with Crippen LogP contribution in [0.1, 0.15) is 6.92 Å². The zero-order valence-corrected chi connectivity index (χ0v) is 8.23. The van der Waals surface area contributed by atoms with Crippen molar-refractivity contribution in [2.24, 2.45) is 0 Å². The van der Waals surface area contributed by atoms with Crippen molar-refractivity contribution in [3.05, 3.63) is 18.2 Å². The largest absolute Gasteiger partial charge is 0.497 e. The van der Waals surface area contributed by atoms with E-state index in [1.165, 1.54) is 0 Å². The third-order valence-corrected chi connectivity index (χ3v) is 1.80. The molecule has 1 rings (SSSR count). The van der Waals surface area contributed by atoms with Crippen LogP contribution in [0.25, 0.3) is 0 Å². The Kier molecular flexibility index (Phi) is 3.79. The van der Waals surface area contributed by atoms with E-state index in [9.17, 15) is 0 Å². The van der Waals surface area contributed by atoms with Gasteiger partial charge in [-0.05, 0) is 13.0 Å². The van der Waals surface area contributed by atoms with Gasteiger partial charge >= 0.3 is 7.12 Å². The van der Waals surface area contributed by atoms with Crippen LogP contribution < -0.4 is 14.9 Å². The zero-order valence-electron chi connectivity index (χ0n) is 8.23. The van der Waals surface area contributed by atoms with E-state index < -0.39 is 7.12 Å². The Bertz CT molecular complexity index is 301. The summed E-state index contributed by atoms with van der Waals surface area (Å²) in [5, 5.41) is 18.1. The average molecular weight is 196 g/mol. The summed E-state index contributed by atoms with van der Waals surface area (Å²) >= 11 is 0. The third kappa shape index (κ3) is 2.40. The van der Waals surface area contributed by atoms with Gasteiger partial charge in [-0.3, -0.25) is 0 Å². The molecule has 1 aromatic rings. The molecule has 14 heavy (non-hydrogen) atoms. The van der Waals surface area contributed by atoms with Crippen LogP contribution >= 0.6 is 0 Å². The highest BCUT2D eigenvalue weighted by molar-refractivity contribution is 6.59. The molecule has 0 radical (unpaired) electrons. The highest BCUT2D eigenvalue weighted by atomic mass is 16.5. The number of ether oxygens (including phenoxy) is 2. The molecule has 0 aliphatic carbocycles. The lowest BCUT2D eigenvalue weighted by Crippen LogP contribution is -2.31. The van der Waals surface area contributed by atoms with Crippen LogP contribution in [0.2, 0.25) is 0 Å². The highest BCUT2D eigenvalue weighted by Crippen LogP contribution is 2.17. The number of methoxy groups -OCH3 is 1. The summed E-state index contributed by atoms with van der Waals surface area (Å²) in [6.45, 7) is 2.29. The van der Waals surface area contributed by atoms with E-state index in [4.69, 9.17) is 19.5 Å². The molecule has 0 bridgehead atoms. The van der Waals surface area contributed by atoms with Crippen molar-refractivity contribution in [3.63, 3.8) is 0 Å². The quantitative estimate of drug-likeness (QED) is 0.653. The predicted molar refractivity (Wildman–Crippen MR) is 54.0 cm³/mol. The maximum absolute atomic E-state index is 9.03. The van der Waals surface area contributed by atoms with Gasteiger partial charge in [0.15, 0.2) is 0 Å². The second-order valence-electron chi connectivity index (χ2n) is 2.71. The lowest BCUT2D eigenvalue weighted by atomic mass is 9.79. The van der Waals surface area contributed by atoms with E-state index in [0.717, 1.165) is 0 Å². The Morgan fingerprint density at radius 1 is 1.36 bits per heavy atom. The molecule has 0 atom stereocenters. The molecule has 1 aromatic carbocycles. The molecular formula is C9H13BO4. The van der Waals surface area contributed by atoms with Gasteiger partial charge in [0.25, 0.3) is 0 Å². The second-order valence-corrected chi connectivity index (χ2v) is 2.71. The van der Waals surface area contributed by atoms with Crippen LogP contribution in [0.4, 0.5) is 0 Å². The third-order valence-electron chi connectivity index (χ3n) is 1.80. The Morgan fingerprint density at radius 3 is 2.57 bits per heavy atom. The fourth-order valence-electron chi connectivity index (χ4n) is 1.14. The molecule has 76 valence electrons. The minimum absolute atomic E-state index is 0.340. The molecule has 2 N–H and O–H groups in total. The van der Waals surface area contributed by atoms with Crippen LogP contribution in [0.15, 0.2) is 18.2 Å². The molecule has 0 aliphatic heterocycles. The maximum Gasteiger partial charge on any atom is 0.492 e. The number of hydrogen-bond acceptors (Lipinski definition) is 4. The predicted octanol–water partition coefficient (Wildman–Crippen LogP) is -0.226. The van der Waals surface area contributed by atoms with E-state index in [-0.39, 0.29) is 0 Å². The molecule has 0 saturated heterocycles. The average Bonchev–Trinajstić information content (AvgIpc) is 2.17. The minimum atomic E-state index is -1.53. The molecule has 0 aliphatic rings. The second kappa shape index (κ2) is 4.88. The van der Waals surface area contributed by atoms with Gasteiger partial charge in [-0.2, -0.15) is 0 Å². The summed E-state index contributed by atoms with van der Waals surface area (Å²) in [4.78, 5) is 0. The lowest BCUT2D eigenvalue weighted by Gasteiger charge is -2.10. The molecule has 0 heterocycles. The summed E-state index contributed by atoms with van der Waals surface area (Å²) < 4.78 is 10.2. The topological polar surface area (TPSA) is 58.9 Å². The van der Waals surface area contributed by atoms with Gasteiger partial charge in [0.2, 0.25) is 0 Å². The summed E-state index contributed by atoms with van der Waals surface area (Å²) in [5.74, 6) is 1.06. The Labute approximate surface area is 83.2 Å². The maximum atomic E-state index is 9.03. The van der Waals surface area contributed by atoms with Crippen LogP contribution in [0, 0.1) is 0 Å². The summed E-state index contributed by atoms with van der Waals surface area (Å²) in [6.07, 6.45) is 0. The molecular weight excluding hydrogens is 183 g/mol. The van der Waals surface area contributed by atoms with Gasteiger partial charge in [0.05, 0.1) is 13.7 Å². The van der Waals surface area contributed by atoms with Crippen molar-refractivity contribution < 1.29 is 19.5 Å². The van der Waals surface area contributed by atoms with Crippen molar-refractivity contribution in [1.29, 1.82) is 0 Å². The Morgan fingerprint density at radius 2 is 2.07 bits per heavy atom. The fourth-order valence-corrected chi connectivity index (χ4v) is 1.14. The van der Waals surface area contributed by atoms with Crippen molar-refractivity contribution >= 4 is 12.6 Å². The molecule has 0 amide bonds. The number of rotatable bonds is 4. The Hall–Kier alpha value is -1.20. The standard InChI is InChI=1S/C9H13BO4/c1-3-14-9-6-7(13-2)4-5-8(9)10(11)12/h4-6,11-12H,3H2,1-2H3. The summed E-state index contributed by atoms with van der Waals surface area (Å²) in [6, 6.07) is 4.84. The normalized spacial score (nSPS) is 9.71. The van der Waals surface area contributed by atoms with E-state index in [1.807, 2.05) is 6.92 Å². The minimum Gasteiger partial charge on any atom is -0.497 e. The Balaban J connectivity index is 3.03. The molecule has 0 unspecified atom stereocenters. The van der Waals surface area contributed by atoms with Crippen molar-refractivity contribution in [3.8, 4) is 11.5 Å². The molecule has 0 aromatic heterocycles. The van der Waals surface area contributed by atoms with Crippen molar-refractivity contribution in [1.82, 2.24) is 0 Å². The van der Waals surface area contributed by atoms with Crippen LogP contribution in [0.5, 0.6) is 11.5 Å². The zero-order chi connectivity index (χ0) is 10.6. The van der Waals surface area contributed by atoms with Gasteiger partial charge in [0.1, 0.15) is 11.5 Å². The number of benzene rings is 1. The van der Waals surface area contributed by atoms with Crippen molar-refractivity contribution in [2.45, 2.75) is 6.92 Å². The van der Waals surface area contributed by atoms with Gasteiger partial charge in [0, 0.05) is 11.5 Å². The fraction of sp³-hybridized carbons (Fsp3) is 0.333. The first kappa shape index (κ1) is 10.9. The lowest BCUT2D eigenvalue weighted by molar-refractivity contribution is 0.336. The first-order valence-electron chi connectivity index (χ1n) is 4.36. The SMILES string of the molecule is CCOc1cc(OC)ccc1B(O)O. The smallest absolute Gasteiger partial charge is 0.492 e. The van der Waals surface area contributed by atoms with Gasteiger partial charge < -0.3 is 19.5 Å². The molecule has 0 fully saturated rings. The number of hydrogen-bond donors (Lipinski definition) is 2. The van der Waals surface area contributed by atoms with E-state index in [1.54, 1.807) is 25.3 Å². The first-order chi connectivity index (χ1) is 6.69. The van der Waals surface area contributed by atoms with Gasteiger partial charge in [-0.1, -0.05) is 6.07 Å².